The van der Waals surface area contributed by atoms with Crippen molar-refractivity contribution < 1.29 is 19.1 Å². The topological polar surface area (TPSA) is 89.0 Å². The molecular weight excluding hydrogens is 346 g/mol. The summed E-state index contributed by atoms with van der Waals surface area (Å²) in [5.41, 5.74) is 3.81. The zero-order valence-electron chi connectivity index (χ0n) is 15.6. The molecule has 0 aliphatic rings. The van der Waals surface area contributed by atoms with Crippen molar-refractivity contribution in [1.29, 1.82) is 0 Å². The second kappa shape index (κ2) is 9.96. The quantitative estimate of drug-likeness (QED) is 0.446. The molecule has 1 atom stereocenters. The zero-order chi connectivity index (χ0) is 19.6. The highest BCUT2D eigenvalue weighted by Crippen LogP contribution is 2.27. The number of methoxy groups -OCH3 is 1. The minimum Gasteiger partial charge on any atom is -0.493 e. The SMILES string of the molecule is CCOc1cc(/C=N\NC(=O)C(=O)N[C@@H](C)c2ccccc2)ccc1OC. The lowest BCUT2D eigenvalue weighted by Crippen LogP contribution is -2.39. The minimum absolute atomic E-state index is 0.288. The van der Waals surface area contributed by atoms with Crippen molar-refractivity contribution in [3.63, 3.8) is 0 Å². The first kappa shape index (κ1) is 20.0. The summed E-state index contributed by atoms with van der Waals surface area (Å²) in [4.78, 5) is 23.8. The van der Waals surface area contributed by atoms with Crippen LogP contribution in [0.4, 0.5) is 0 Å². The lowest BCUT2D eigenvalue weighted by Gasteiger charge is -2.13. The Morgan fingerprint density at radius 1 is 1.11 bits per heavy atom. The fourth-order valence-corrected chi connectivity index (χ4v) is 2.35. The first-order valence-electron chi connectivity index (χ1n) is 8.54. The van der Waals surface area contributed by atoms with Crippen LogP contribution in [0.3, 0.4) is 0 Å². The molecule has 2 N–H and O–H groups in total. The van der Waals surface area contributed by atoms with E-state index in [-0.39, 0.29) is 6.04 Å². The molecule has 2 aromatic carbocycles. The molecule has 142 valence electrons. The van der Waals surface area contributed by atoms with Crippen LogP contribution in [0, 0.1) is 0 Å². The Kier molecular flexibility index (Phi) is 7.37. The predicted octanol–water partition coefficient (Wildman–Crippen LogP) is 2.42. The van der Waals surface area contributed by atoms with Crippen molar-refractivity contribution in [2.24, 2.45) is 5.10 Å². The van der Waals surface area contributed by atoms with Gasteiger partial charge in [-0.3, -0.25) is 9.59 Å². The van der Waals surface area contributed by atoms with Crippen LogP contribution >= 0.6 is 0 Å². The summed E-state index contributed by atoms with van der Waals surface area (Å²) < 4.78 is 10.7. The van der Waals surface area contributed by atoms with Gasteiger partial charge in [0, 0.05) is 0 Å². The van der Waals surface area contributed by atoms with E-state index in [9.17, 15) is 9.59 Å². The molecule has 0 fully saturated rings. The van der Waals surface area contributed by atoms with Crippen molar-refractivity contribution in [2.75, 3.05) is 13.7 Å². The highest BCUT2D eigenvalue weighted by Gasteiger charge is 2.16. The number of rotatable bonds is 7. The highest BCUT2D eigenvalue weighted by molar-refractivity contribution is 6.35. The van der Waals surface area contributed by atoms with Gasteiger partial charge in [-0.25, -0.2) is 5.43 Å². The molecular formula is C20H23N3O4. The monoisotopic (exact) mass is 369 g/mol. The van der Waals surface area contributed by atoms with E-state index in [0.717, 1.165) is 5.56 Å². The third-order valence-corrected chi connectivity index (χ3v) is 3.72. The van der Waals surface area contributed by atoms with Crippen molar-refractivity contribution in [2.45, 2.75) is 19.9 Å². The van der Waals surface area contributed by atoms with Crippen LogP contribution in [0.1, 0.15) is 31.0 Å². The number of benzene rings is 2. The highest BCUT2D eigenvalue weighted by atomic mass is 16.5. The van der Waals surface area contributed by atoms with Crippen LogP contribution in [0.15, 0.2) is 53.6 Å². The van der Waals surface area contributed by atoms with E-state index < -0.39 is 11.8 Å². The Morgan fingerprint density at radius 2 is 1.85 bits per heavy atom. The van der Waals surface area contributed by atoms with Gasteiger partial charge in [-0.15, -0.1) is 0 Å². The number of hydrazone groups is 1. The van der Waals surface area contributed by atoms with Gasteiger partial charge in [0.15, 0.2) is 11.5 Å². The normalized spacial score (nSPS) is 11.7. The third-order valence-electron chi connectivity index (χ3n) is 3.72. The van der Waals surface area contributed by atoms with Gasteiger partial charge < -0.3 is 14.8 Å². The van der Waals surface area contributed by atoms with E-state index in [1.807, 2.05) is 37.3 Å². The first-order chi connectivity index (χ1) is 13.0. The number of hydrogen-bond acceptors (Lipinski definition) is 5. The van der Waals surface area contributed by atoms with Gasteiger partial charge in [0.1, 0.15) is 0 Å². The molecule has 0 unspecified atom stereocenters. The standard InChI is InChI=1S/C20H23N3O4/c1-4-27-18-12-15(10-11-17(18)26-3)13-21-23-20(25)19(24)22-14(2)16-8-6-5-7-9-16/h5-14H,4H2,1-3H3,(H,22,24)(H,23,25)/b21-13-/t14-/m0/s1. The second-order valence-electron chi connectivity index (χ2n) is 5.65. The Hall–Kier alpha value is -3.35. The smallest absolute Gasteiger partial charge is 0.329 e. The average molecular weight is 369 g/mol. The number of amides is 2. The Morgan fingerprint density at radius 3 is 2.52 bits per heavy atom. The number of carbonyl (C=O) groups is 2. The number of carbonyl (C=O) groups excluding carboxylic acids is 2. The van der Waals surface area contributed by atoms with Gasteiger partial charge in [0.25, 0.3) is 0 Å². The Labute approximate surface area is 158 Å². The molecule has 0 spiro atoms. The van der Waals surface area contributed by atoms with Crippen molar-refractivity contribution in [3.8, 4) is 11.5 Å². The second-order valence-corrected chi connectivity index (χ2v) is 5.65. The van der Waals surface area contributed by atoms with Gasteiger partial charge in [-0.1, -0.05) is 30.3 Å². The Bertz CT molecular complexity index is 806. The zero-order valence-corrected chi connectivity index (χ0v) is 15.6. The van der Waals surface area contributed by atoms with Crippen molar-refractivity contribution in [3.05, 3.63) is 59.7 Å². The molecule has 2 aromatic rings. The Balaban J connectivity index is 1.92. The lowest BCUT2D eigenvalue weighted by molar-refractivity contribution is -0.139. The van der Waals surface area contributed by atoms with Crippen LogP contribution in [0.5, 0.6) is 11.5 Å². The molecule has 0 saturated carbocycles. The first-order valence-corrected chi connectivity index (χ1v) is 8.54. The van der Waals surface area contributed by atoms with Gasteiger partial charge in [0.2, 0.25) is 0 Å². The van der Waals surface area contributed by atoms with Crippen LogP contribution in [-0.2, 0) is 9.59 Å². The lowest BCUT2D eigenvalue weighted by atomic mass is 10.1. The summed E-state index contributed by atoms with van der Waals surface area (Å²) in [7, 11) is 1.56. The number of hydrogen-bond donors (Lipinski definition) is 2. The van der Waals surface area contributed by atoms with Gasteiger partial charge in [-0.2, -0.15) is 5.10 Å². The molecule has 27 heavy (non-hydrogen) atoms. The molecule has 0 aliphatic heterocycles. The summed E-state index contributed by atoms with van der Waals surface area (Å²) in [6.07, 6.45) is 1.42. The number of ether oxygens (including phenoxy) is 2. The molecule has 0 aromatic heterocycles. The van der Waals surface area contributed by atoms with E-state index in [4.69, 9.17) is 9.47 Å². The van der Waals surface area contributed by atoms with Crippen LogP contribution < -0.4 is 20.2 Å². The molecule has 2 rings (SSSR count). The maximum atomic E-state index is 12.0. The molecule has 0 heterocycles. The van der Waals surface area contributed by atoms with Crippen molar-refractivity contribution in [1.82, 2.24) is 10.7 Å². The largest absolute Gasteiger partial charge is 0.493 e. The molecule has 0 radical (unpaired) electrons. The van der Waals surface area contributed by atoms with E-state index >= 15 is 0 Å². The molecule has 0 saturated heterocycles. The molecule has 0 aliphatic carbocycles. The molecule has 7 heteroatoms. The van der Waals surface area contributed by atoms with E-state index in [2.05, 4.69) is 15.8 Å². The fraction of sp³-hybridized carbons (Fsp3) is 0.250. The van der Waals surface area contributed by atoms with Crippen LogP contribution in [0.25, 0.3) is 0 Å². The summed E-state index contributed by atoms with van der Waals surface area (Å²) >= 11 is 0. The number of nitrogens with one attached hydrogen (secondary N) is 2. The summed E-state index contributed by atoms with van der Waals surface area (Å²) in [5, 5.41) is 6.44. The maximum absolute atomic E-state index is 12.0. The fourth-order valence-electron chi connectivity index (χ4n) is 2.35. The maximum Gasteiger partial charge on any atom is 0.329 e. The van der Waals surface area contributed by atoms with Gasteiger partial charge >= 0.3 is 11.8 Å². The predicted molar refractivity (Wildman–Crippen MR) is 103 cm³/mol. The van der Waals surface area contributed by atoms with Crippen LogP contribution in [-0.4, -0.2) is 31.7 Å². The number of nitrogens with zero attached hydrogens (tertiary/aromatic N) is 1. The van der Waals surface area contributed by atoms with E-state index in [1.165, 1.54) is 6.21 Å². The summed E-state index contributed by atoms with van der Waals surface area (Å²) in [6, 6.07) is 14.3. The summed E-state index contributed by atoms with van der Waals surface area (Å²) in [6.45, 7) is 4.17. The minimum atomic E-state index is -0.840. The molecule has 2 amide bonds. The van der Waals surface area contributed by atoms with Gasteiger partial charge in [0.05, 0.1) is 26.0 Å². The van der Waals surface area contributed by atoms with E-state index in [1.54, 1.807) is 32.2 Å². The van der Waals surface area contributed by atoms with Crippen molar-refractivity contribution >= 4 is 18.0 Å². The van der Waals surface area contributed by atoms with E-state index in [0.29, 0.717) is 23.7 Å². The van der Waals surface area contributed by atoms with Gasteiger partial charge in [-0.05, 0) is 43.2 Å². The summed E-state index contributed by atoms with van der Waals surface area (Å²) in [5.74, 6) is -0.419. The molecule has 7 nitrogen and oxygen atoms in total. The third kappa shape index (κ3) is 5.85. The molecule has 0 bridgehead atoms. The average Bonchev–Trinajstić information content (AvgIpc) is 2.69. The van der Waals surface area contributed by atoms with Crippen LogP contribution in [0.2, 0.25) is 0 Å².